The summed E-state index contributed by atoms with van der Waals surface area (Å²) in [6, 6.07) is 3.47. The number of aliphatic hydroxyl groups is 1. The number of amidine groups is 1. The molecule has 1 amide bonds. The van der Waals surface area contributed by atoms with E-state index in [0.717, 1.165) is 11.4 Å². The first-order chi connectivity index (χ1) is 15.4. The second kappa shape index (κ2) is 7.86. The van der Waals surface area contributed by atoms with E-state index in [1.54, 1.807) is 40.9 Å². The minimum atomic E-state index is -0.563. The van der Waals surface area contributed by atoms with Gasteiger partial charge in [-0.3, -0.25) is 14.5 Å². The van der Waals surface area contributed by atoms with Crippen molar-refractivity contribution in [3.05, 3.63) is 41.3 Å². The van der Waals surface area contributed by atoms with E-state index < -0.39 is 6.10 Å². The fourth-order valence-corrected chi connectivity index (χ4v) is 4.27. The number of aromatic nitrogens is 5. The standard InChI is InChI=1S/C22H25N7O3/c1-13-8-14-9-18(25-13)17-12-24-28(3)22(17)32-7-5-16(30)4-6-29-19(26-20(14)31)10-15-11-23-27(2)21(15)29/h8-9,11-12,16,30H,4-7,10H2,1-3H3. The molecule has 1 unspecified atom stereocenters. The Morgan fingerprint density at radius 1 is 1.12 bits per heavy atom. The van der Waals surface area contributed by atoms with Crippen LogP contribution in [0.1, 0.15) is 34.5 Å². The average Bonchev–Trinajstić information content (AvgIpc) is 3.40. The molecule has 0 aliphatic carbocycles. The molecular formula is C22H25N7O3. The molecule has 3 aromatic rings. The number of aliphatic imine (C=N–C) groups is 1. The van der Waals surface area contributed by atoms with Crippen LogP contribution in [-0.4, -0.2) is 60.6 Å². The molecule has 166 valence electrons. The maximum Gasteiger partial charge on any atom is 0.278 e. The minimum absolute atomic E-state index is 0.334. The Hall–Kier alpha value is -3.53. The van der Waals surface area contributed by atoms with Crippen LogP contribution in [-0.2, 0) is 20.5 Å². The molecule has 10 heteroatoms. The fraction of sp³-hybridized carbons (Fsp3) is 0.409. The molecule has 0 radical (unpaired) electrons. The van der Waals surface area contributed by atoms with Crippen LogP contribution >= 0.6 is 0 Å². The van der Waals surface area contributed by atoms with Crippen molar-refractivity contribution in [1.29, 1.82) is 0 Å². The Morgan fingerprint density at radius 2 is 1.94 bits per heavy atom. The molecule has 2 aliphatic heterocycles. The minimum Gasteiger partial charge on any atom is -0.477 e. The number of anilines is 1. The van der Waals surface area contributed by atoms with Gasteiger partial charge in [-0.25, -0.2) is 4.68 Å². The molecule has 10 nitrogen and oxygen atoms in total. The number of carbonyl (C=O) groups is 1. The molecule has 0 aromatic carbocycles. The number of aliphatic hydroxyl groups excluding tert-OH is 1. The van der Waals surface area contributed by atoms with Gasteiger partial charge in [0.2, 0.25) is 5.88 Å². The molecule has 1 atom stereocenters. The number of amides is 1. The monoisotopic (exact) mass is 435 g/mol. The molecule has 2 bridgehead atoms. The van der Waals surface area contributed by atoms with E-state index in [2.05, 4.69) is 20.2 Å². The van der Waals surface area contributed by atoms with Gasteiger partial charge in [0, 0.05) is 50.3 Å². The summed E-state index contributed by atoms with van der Waals surface area (Å²) in [5.74, 6) is 1.79. The normalized spacial score (nSPS) is 18.8. The van der Waals surface area contributed by atoms with Crippen LogP contribution in [0.3, 0.4) is 0 Å². The number of fused-ring (bicyclic) bond motifs is 7. The first kappa shape index (κ1) is 20.4. The second-order valence-corrected chi connectivity index (χ2v) is 8.23. The average molecular weight is 435 g/mol. The van der Waals surface area contributed by atoms with Crippen molar-refractivity contribution in [2.24, 2.45) is 19.1 Å². The zero-order valence-corrected chi connectivity index (χ0v) is 18.3. The molecule has 0 spiro atoms. The third kappa shape index (κ3) is 3.56. The van der Waals surface area contributed by atoms with E-state index in [1.807, 2.05) is 18.9 Å². The van der Waals surface area contributed by atoms with Gasteiger partial charge in [0.05, 0.1) is 36.4 Å². The highest BCUT2D eigenvalue weighted by atomic mass is 16.5. The van der Waals surface area contributed by atoms with Crippen LogP contribution in [0.4, 0.5) is 5.82 Å². The quantitative estimate of drug-likeness (QED) is 0.572. The summed E-state index contributed by atoms with van der Waals surface area (Å²) in [6.45, 7) is 2.71. The highest BCUT2D eigenvalue weighted by Gasteiger charge is 2.30. The van der Waals surface area contributed by atoms with Crippen molar-refractivity contribution in [2.75, 3.05) is 18.1 Å². The topological polar surface area (TPSA) is 111 Å². The van der Waals surface area contributed by atoms with E-state index in [1.165, 1.54) is 0 Å². The number of aryl methyl sites for hydroxylation is 3. The molecule has 1 N–H and O–H groups in total. The summed E-state index contributed by atoms with van der Waals surface area (Å²) in [5, 5.41) is 19.2. The molecule has 5 heterocycles. The predicted octanol–water partition coefficient (Wildman–Crippen LogP) is 1.66. The van der Waals surface area contributed by atoms with E-state index in [0.29, 0.717) is 66.6 Å². The van der Waals surface area contributed by atoms with Crippen LogP contribution in [0.15, 0.2) is 29.5 Å². The largest absolute Gasteiger partial charge is 0.477 e. The zero-order chi connectivity index (χ0) is 22.4. The van der Waals surface area contributed by atoms with Gasteiger partial charge >= 0.3 is 0 Å². The Kier molecular flexibility index (Phi) is 5.01. The lowest BCUT2D eigenvalue weighted by molar-refractivity contribution is 0.100. The molecule has 32 heavy (non-hydrogen) atoms. The van der Waals surface area contributed by atoms with Crippen molar-refractivity contribution in [1.82, 2.24) is 24.5 Å². The summed E-state index contributed by atoms with van der Waals surface area (Å²) in [5.41, 5.74) is 3.48. The van der Waals surface area contributed by atoms with Crippen molar-refractivity contribution in [3.8, 4) is 17.1 Å². The third-order valence-corrected chi connectivity index (χ3v) is 5.86. The lowest BCUT2D eigenvalue weighted by Gasteiger charge is -2.22. The van der Waals surface area contributed by atoms with E-state index in [4.69, 9.17) is 4.74 Å². The van der Waals surface area contributed by atoms with Gasteiger partial charge in [-0.2, -0.15) is 15.2 Å². The van der Waals surface area contributed by atoms with E-state index in [-0.39, 0.29) is 5.91 Å². The van der Waals surface area contributed by atoms with Crippen LogP contribution in [0.2, 0.25) is 0 Å². The van der Waals surface area contributed by atoms with E-state index in [9.17, 15) is 9.90 Å². The number of rotatable bonds is 0. The summed E-state index contributed by atoms with van der Waals surface area (Å²) in [6.07, 6.45) is 4.41. The number of carbonyl (C=O) groups excluding carboxylic acids is 1. The summed E-state index contributed by atoms with van der Waals surface area (Å²) >= 11 is 0. The number of pyridine rings is 1. The Morgan fingerprint density at radius 3 is 2.78 bits per heavy atom. The van der Waals surface area contributed by atoms with Gasteiger partial charge in [0.1, 0.15) is 11.7 Å². The SMILES string of the molecule is Cc1cc2cc(n1)-c1cnn(C)c1OCCC(O)CCN1C(=NC2=O)Cc2cnn(C)c21. The highest BCUT2D eigenvalue weighted by molar-refractivity contribution is 6.12. The van der Waals surface area contributed by atoms with Crippen LogP contribution in [0.5, 0.6) is 5.88 Å². The van der Waals surface area contributed by atoms with Gasteiger partial charge in [-0.1, -0.05) is 0 Å². The molecular weight excluding hydrogens is 410 g/mol. The van der Waals surface area contributed by atoms with Gasteiger partial charge in [0.15, 0.2) is 0 Å². The maximum atomic E-state index is 13.2. The first-order valence-electron chi connectivity index (χ1n) is 10.6. The van der Waals surface area contributed by atoms with Gasteiger partial charge in [0.25, 0.3) is 5.91 Å². The molecule has 3 aromatic heterocycles. The van der Waals surface area contributed by atoms with E-state index >= 15 is 0 Å². The maximum absolute atomic E-state index is 13.2. The lowest BCUT2D eigenvalue weighted by atomic mass is 10.1. The number of ether oxygens (including phenoxy) is 1. The van der Waals surface area contributed by atoms with Crippen molar-refractivity contribution in [3.63, 3.8) is 0 Å². The first-order valence-corrected chi connectivity index (χ1v) is 10.6. The third-order valence-electron chi connectivity index (χ3n) is 5.86. The Balaban J connectivity index is 1.60. The van der Waals surface area contributed by atoms with Crippen molar-refractivity contribution >= 4 is 17.6 Å². The molecule has 5 rings (SSSR count). The second-order valence-electron chi connectivity index (χ2n) is 8.23. The fourth-order valence-electron chi connectivity index (χ4n) is 4.27. The van der Waals surface area contributed by atoms with Gasteiger partial charge in [-0.15, -0.1) is 0 Å². The van der Waals surface area contributed by atoms with Crippen LogP contribution in [0.25, 0.3) is 11.3 Å². The Bertz CT molecular complexity index is 1230. The summed E-state index contributed by atoms with van der Waals surface area (Å²) in [4.78, 5) is 24.2. The molecule has 0 saturated carbocycles. The predicted molar refractivity (Wildman–Crippen MR) is 118 cm³/mol. The Labute approximate surface area is 185 Å². The molecule has 0 fully saturated rings. The lowest BCUT2D eigenvalue weighted by Crippen LogP contribution is -2.33. The van der Waals surface area contributed by atoms with Gasteiger partial charge < -0.3 is 14.7 Å². The number of nitrogens with zero attached hydrogens (tertiary/aromatic N) is 7. The summed E-state index contributed by atoms with van der Waals surface area (Å²) < 4.78 is 9.39. The van der Waals surface area contributed by atoms with Crippen LogP contribution < -0.4 is 9.64 Å². The van der Waals surface area contributed by atoms with Gasteiger partial charge in [-0.05, 0) is 25.5 Å². The smallest absolute Gasteiger partial charge is 0.278 e. The number of hydrogen-bond acceptors (Lipinski definition) is 7. The van der Waals surface area contributed by atoms with Crippen molar-refractivity contribution < 1.29 is 14.6 Å². The molecule has 2 aliphatic rings. The zero-order valence-electron chi connectivity index (χ0n) is 18.3. The highest BCUT2D eigenvalue weighted by Crippen LogP contribution is 2.31. The van der Waals surface area contributed by atoms with Crippen molar-refractivity contribution in [2.45, 2.75) is 32.3 Å². The summed E-state index contributed by atoms with van der Waals surface area (Å²) in [7, 11) is 3.66. The number of hydrogen-bond donors (Lipinski definition) is 1. The molecule has 0 saturated heterocycles. The van der Waals surface area contributed by atoms with Crippen LogP contribution in [0, 0.1) is 6.92 Å².